The Kier molecular flexibility index (Phi) is 7.20. The Labute approximate surface area is 191 Å². The number of halogens is 1. The van der Waals surface area contributed by atoms with Gasteiger partial charge in [-0.3, -0.25) is 4.79 Å². The minimum absolute atomic E-state index is 0.123. The van der Waals surface area contributed by atoms with Crippen LogP contribution in [0.15, 0.2) is 54.7 Å². The molecule has 1 aromatic heterocycles. The average molecular weight is 457 g/mol. The van der Waals surface area contributed by atoms with Crippen molar-refractivity contribution in [1.29, 1.82) is 0 Å². The monoisotopic (exact) mass is 456 g/mol. The Balaban J connectivity index is 1.76. The van der Waals surface area contributed by atoms with Gasteiger partial charge in [0.05, 0.1) is 0 Å². The predicted molar refractivity (Wildman–Crippen MR) is 122 cm³/mol. The molecule has 3 aromatic rings. The van der Waals surface area contributed by atoms with Gasteiger partial charge in [-0.15, -0.1) is 0 Å². The number of nitrogens with one attached hydrogen (secondary N) is 2. The number of ketones is 1. The highest BCUT2D eigenvalue weighted by atomic mass is 35.5. The zero-order valence-electron chi connectivity index (χ0n) is 18.1. The Morgan fingerprint density at radius 1 is 1.09 bits per heavy atom. The molecule has 1 unspecified atom stereocenters. The van der Waals surface area contributed by atoms with Gasteiger partial charge in [-0.25, -0.2) is 9.59 Å². The molecular weight excluding hydrogens is 432 g/mol. The number of aromatic nitrogens is 1. The molecule has 0 aliphatic rings. The Hall–Kier alpha value is -3.32. The molecule has 7 nitrogen and oxygen atoms in total. The molecule has 0 saturated carbocycles. The molecule has 3 rings (SSSR count). The van der Waals surface area contributed by atoms with Gasteiger partial charge >= 0.3 is 12.1 Å². The summed E-state index contributed by atoms with van der Waals surface area (Å²) in [6, 6.07) is 12.8. The lowest BCUT2D eigenvalue weighted by Crippen LogP contribution is -2.45. The van der Waals surface area contributed by atoms with Crippen molar-refractivity contribution in [2.45, 2.75) is 38.8 Å². The molecule has 1 amide bonds. The van der Waals surface area contributed by atoms with Crippen molar-refractivity contribution in [3.63, 3.8) is 0 Å². The lowest BCUT2D eigenvalue weighted by Gasteiger charge is -2.23. The average Bonchev–Trinajstić information content (AvgIpc) is 3.12. The van der Waals surface area contributed by atoms with Gasteiger partial charge in [0.25, 0.3) is 0 Å². The predicted octanol–water partition coefficient (Wildman–Crippen LogP) is 4.68. The van der Waals surface area contributed by atoms with Gasteiger partial charge in [0.15, 0.2) is 12.4 Å². The van der Waals surface area contributed by atoms with Crippen LogP contribution in [0.2, 0.25) is 5.02 Å². The fraction of sp³-hybridized carbons (Fsp3) is 0.292. The van der Waals surface area contributed by atoms with Gasteiger partial charge < -0.3 is 19.8 Å². The summed E-state index contributed by atoms with van der Waals surface area (Å²) in [6.45, 7) is 4.73. The molecule has 1 atom stereocenters. The zero-order valence-corrected chi connectivity index (χ0v) is 18.9. The number of hydrogen-bond donors (Lipinski definition) is 2. The molecule has 32 heavy (non-hydrogen) atoms. The number of Topliss-reactive ketones (excluding diaryl/α,β-unsaturated/α-hetero) is 1. The van der Waals surface area contributed by atoms with Crippen molar-refractivity contribution in [3.8, 4) is 0 Å². The molecule has 0 spiro atoms. The highest BCUT2D eigenvalue weighted by Crippen LogP contribution is 2.23. The summed E-state index contributed by atoms with van der Waals surface area (Å²) < 4.78 is 10.5. The lowest BCUT2D eigenvalue weighted by atomic mass is 10.0. The van der Waals surface area contributed by atoms with E-state index in [0.29, 0.717) is 10.6 Å². The van der Waals surface area contributed by atoms with Crippen molar-refractivity contribution in [2.24, 2.45) is 0 Å². The van der Waals surface area contributed by atoms with Crippen LogP contribution in [0.5, 0.6) is 0 Å². The highest BCUT2D eigenvalue weighted by molar-refractivity contribution is 6.31. The number of hydrogen-bond acceptors (Lipinski definition) is 5. The van der Waals surface area contributed by atoms with Crippen LogP contribution in [0.4, 0.5) is 4.79 Å². The number of amides is 1. The molecule has 0 aliphatic carbocycles. The number of rotatable bonds is 7. The van der Waals surface area contributed by atoms with Crippen molar-refractivity contribution >= 4 is 40.3 Å². The second-order valence-electron chi connectivity index (χ2n) is 8.30. The highest BCUT2D eigenvalue weighted by Gasteiger charge is 2.27. The topological polar surface area (TPSA) is 97.5 Å². The van der Waals surface area contributed by atoms with Crippen LogP contribution in [0.25, 0.3) is 10.9 Å². The maximum Gasteiger partial charge on any atom is 0.408 e. The number of esters is 1. The van der Waals surface area contributed by atoms with Crippen LogP contribution >= 0.6 is 11.6 Å². The van der Waals surface area contributed by atoms with E-state index in [-0.39, 0.29) is 12.2 Å². The third-order valence-corrected chi connectivity index (χ3v) is 4.81. The smallest absolute Gasteiger partial charge is 0.408 e. The molecule has 0 bridgehead atoms. The van der Waals surface area contributed by atoms with Crippen LogP contribution in [0, 0.1) is 0 Å². The fourth-order valence-corrected chi connectivity index (χ4v) is 3.30. The van der Waals surface area contributed by atoms with Gasteiger partial charge in [0.2, 0.25) is 0 Å². The molecule has 0 aliphatic heterocycles. The van der Waals surface area contributed by atoms with E-state index >= 15 is 0 Å². The second-order valence-corrected chi connectivity index (χ2v) is 8.74. The van der Waals surface area contributed by atoms with Crippen LogP contribution < -0.4 is 5.32 Å². The van der Waals surface area contributed by atoms with Gasteiger partial charge in [0.1, 0.15) is 11.6 Å². The fourth-order valence-electron chi connectivity index (χ4n) is 3.13. The van der Waals surface area contributed by atoms with E-state index in [1.54, 1.807) is 69.4 Å². The van der Waals surface area contributed by atoms with E-state index < -0.39 is 30.3 Å². The quantitative estimate of drug-likeness (QED) is 0.397. The zero-order chi connectivity index (χ0) is 23.3. The minimum Gasteiger partial charge on any atom is -0.456 e. The molecule has 0 saturated heterocycles. The first-order valence-corrected chi connectivity index (χ1v) is 10.5. The molecule has 0 radical (unpaired) electrons. The van der Waals surface area contributed by atoms with E-state index in [0.717, 1.165) is 16.5 Å². The first kappa shape index (κ1) is 23.3. The van der Waals surface area contributed by atoms with Crippen LogP contribution in [-0.2, 0) is 20.7 Å². The van der Waals surface area contributed by atoms with Gasteiger partial charge in [-0.05, 0) is 44.5 Å². The lowest BCUT2D eigenvalue weighted by molar-refractivity contribution is -0.145. The van der Waals surface area contributed by atoms with E-state index in [1.165, 1.54) is 0 Å². The SMILES string of the molecule is CC(C)(C)OC(=O)NC(Cc1c[nH]c2ccc(Cl)cc12)C(=O)OCC(=O)c1ccccc1. The molecular formula is C24H25ClN2O5. The summed E-state index contributed by atoms with van der Waals surface area (Å²) in [6.07, 6.45) is 1.11. The number of benzene rings is 2. The number of ether oxygens (including phenoxy) is 2. The number of carbonyl (C=O) groups is 3. The number of carbonyl (C=O) groups excluding carboxylic acids is 3. The maximum absolute atomic E-state index is 12.8. The van der Waals surface area contributed by atoms with Crippen molar-refractivity contribution < 1.29 is 23.9 Å². The number of aromatic amines is 1. The van der Waals surface area contributed by atoms with Crippen LogP contribution in [0.3, 0.4) is 0 Å². The first-order chi connectivity index (χ1) is 15.1. The number of alkyl carbamates (subject to hydrolysis) is 1. The van der Waals surface area contributed by atoms with Crippen LogP contribution in [0.1, 0.15) is 36.7 Å². The molecule has 8 heteroatoms. The third-order valence-electron chi connectivity index (χ3n) is 4.57. The van der Waals surface area contributed by atoms with Gasteiger partial charge in [0, 0.05) is 34.1 Å². The summed E-state index contributed by atoms with van der Waals surface area (Å²) in [5.41, 5.74) is 1.29. The minimum atomic E-state index is -1.06. The van der Waals surface area contributed by atoms with E-state index in [4.69, 9.17) is 21.1 Å². The summed E-state index contributed by atoms with van der Waals surface area (Å²) in [5.74, 6) is -1.08. The summed E-state index contributed by atoms with van der Waals surface area (Å²) in [4.78, 5) is 40.6. The van der Waals surface area contributed by atoms with Crippen molar-refractivity contribution in [1.82, 2.24) is 10.3 Å². The van der Waals surface area contributed by atoms with Gasteiger partial charge in [-0.1, -0.05) is 41.9 Å². The largest absolute Gasteiger partial charge is 0.456 e. The Morgan fingerprint density at radius 3 is 2.50 bits per heavy atom. The number of fused-ring (bicyclic) bond motifs is 1. The summed E-state index contributed by atoms with van der Waals surface area (Å²) in [7, 11) is 0. The van der Waals surface area contributed by atoms with Crippen molar-refractivity contribution in [3.05, 3.63) is 70.9 Å². The van der Waals surface area contributed by atoms with Crippen molar-refractivity contribution in [2.75, 3.05) is 6.61 Å². The molecule has 2 N–H and O–H groups in total. The molecule has 0 fully saturated rings. The molecule has 2 aromatic carbocycles. The summed E-state index contributed by atoms with van der Waals surface area (Å²) >= 11 is 6.11. The Morgan fingerprint density at radius 2 is 1.81 bits per heavy atom. The maximum atomic E-state index is 12.8. The van der Waals surface area contributed by atoms with Crippen LogP contribution in [-0.4, -0.2) is 41.1 Å². The van der Waals surface area contributed by atoms with E-state index in [2.05, 4.69) is 10.3 Å². The number of H-pyrrole nitrogens is 1. The van der Waals surface area contributed by atoms with E-state index in [1.807, 2.05) is 6.07 Å². The normalized spacial score (nSPS) is 12.2. The van der Waals surface area contributed by atoms with E-state index in [9.17, 15) is 14.4 Å². The third kappa shape index (κ3) is 6.34. The van der Waals surface area contributed by atoms with Gasteiger partial charge in [-0.2, -0.15) is 0 Å². The first-order valence-electron chi connectivity index (χ1n) is 10.1. The summed E-state index contributed by atoms with van der Waals surface area (Å²) in [5, 5.41) is 3.93. The molecule has 168 valence electrons. The Bertz CT molecular complexity index is 1120. The molecule has 1 heterocycles. The standard InChI is InChI=1S/C24H25ClN2O5/c1-24(2,3)32-23(30)27-20(11-16-13-26-19-10-9-17(25)12-18(16)19)22(29)31-14-21(28)15-7-5-4-6-8-15/h4-10,12-13,20,26H,11,14H2,1-3H3,(H,27,30). The second kappa shape index (κ2) is 9.87.